The second kappa shape index (κ2) is 5.09. The maximum Gasteiger partial charge on any atom is 0.264 e. The van der Waals surface area contributed by atoms with Crippen LogP contribution in [0.4, 0.5) is 0 Å². The van der Waals surface area contributed by atoms with Crippen molar-refractivity contribution in [1.82, 2.24) is 0 Å². The summed E-state index contributed by atoms with van der Waals surface area (Å²) >= 11 is 3.34. The van der Waals surface area contributed by atoms with Crippen molar-refractivity contribution in [3.05, 3.63) is 34.3 Å². The smallest absolute Gasteiger partial charge is 0.264 e. The molecule has 0 aliphatic carbocycles. The summed E-state index contributed by atoms with van der Waals surface area (Å²) in [5.41, 5.74) is 1.06. The van der Waals surface area contributed by atoms with E-state index in [0.29, 0.717) is 0 Å². The molecule has 5 heteroatoms. The van der Waals surface area contributed by atoms with Gasteiger partial charge in [-0.15, -0.1) is 0 Å². The first-order valence-electron chi connectivity index (χ1n) is 4.48. The monoisotopic (exact) mass is 292 g/mol. The third-order valence-electron chi connectivity index (χ3n) is 1.97. The third kappa shape index (κ3) is 4.77. The fourth-order valence-electron chi connectivity index (χ4n) is 1.11. The largest absolute Gasteiger partial charge is 0.270 e. The van der Waals surface area contributed by atoms with E-state index in [9.17, 15) is 8.42 Å². The van der Waals surface area contributed by atoms with E-state index in [1.165, 1.54) is 0 Å². The highest BCUT2D eigenvalue weighted by Gasteiger charge is 2.09. The number of benzene rings is 1. The van der Waals surface area contributed by atoms with Gasteiger partial charge in [-0.25, -0.2) is 0 Å². The van der Waals surface area contributed by atoms with Gasteiger partial charge in [-0.2, -0.15) is 8.42 Å². The molecule has 0 unspecified atom stereocenters. The summed E-state index contributed by atoms with van der Waals surface area (Å²) in [5.74, 6) is 0.0628. The Hall–Kier alpha value is -0.390. The van der Waals surface area contributed by atoms with E-state index in [1.54, 1.807) is 0 Å². The van der Waals surface area contributed by atoms with Gasteiger partial charge in [0.05, 0.1) is 12.9 Å². The lowest BCUT2D eigenvalue weighted by atomic mass is 10.0. The molecule has 1 aromatic rings. The van der Waals surface area contributed by atoms with Crippen LogP contribution in [-0.4, -0.2) is 21.3 Å². The molecule has 1 aromatic carbocycles. The molecule has 0 bridgehead atoms. The van der Waals surface area contributed by atoms with Crippen molar-refractivity contribution < 1.29 is 12.6 Å². The molecule has 0 spiro atoms. The molecule has 0 aliphatic rings. The Morgan fingerprint density at radius 3 is 2.33 bits per heavy atom. The molecule has 0 N–H and O–H groups in total. The van der Waals surface area contributed by atoms with Gasteiger partial charge in [-0.1, -0.05) is 35.0 Å². The van der Waals surface area contributed by atoms with Crippen LogP contribution >= 0.6 is 15.9 Å². The predicted octanol–water partition coefficient (Wildman–Crippen LogP) is 2.53. The lowest BCUT2D eigenvalue weighted by Crippen LogP contribution is -2.09. The van der Waals surface area contributed by atoms with Crippen LogP contribution in [0.2, 0.25) is 0 Å². The molecule has 0 amide bonds. The van der Waals surface area contributed by atoms with Crippen LogP contribution in [0.25, 0.3) is 0 Å². The topological polar surface area (TPSA) is 43.4 Å². The van der Waals surface area contributed by atoms with Gasteiger partial charge in [0.2, 0.25) is 0 Å². The molecular weight excluding hydrogens is 280 g/mol. The molecule has 84 valence electrons. The Kier molecular flexibility index (Phi) is 4.31. The molecule has 0 fully saturated rings. The van der Waals surface area contributed by atoms with Crippen LogP contribution in [0.5, 0.6) is 0 Å². The fourth-order valence-corrected chi connectivity index (χ4v) is 1.83. The molecular formula is C10H13BrO3S. The minimum Gasteiger partial charge on any atom is -0.270 e. The van der Waals surface area contributed by atoms with Gasteiger partial charge in [0.1, 0.15) is 0 Å². The zero-order valence-corrected chi connectivity index (χ0v) is 11.0. The van der Waals surface area contributed by atoms with Crippen molar-refractivity contribution in [3.63, 3.8) is 0 Å². The summed E-state index contributed by atoms with van der Waals surface area (Å²) in [5, 5.41) is 0. The van der Waals surface area contributed by atoms with Crippen LogP contribution in [0.3, 0.4) is 0 Å². The Labute approximate surface area is 98.7 Å². The number of rotatable bonds is 4. The molecule has 0 radical (unpaired) electrons. The van der Waals surface area contributed by atoms with E-state index in [1.807, 2.05) is 31.2 Å². The van der Waals surface area contributed by atoms with E-state index in [-0.39, 0.29) is 12.5 Å². The van der Waals surface area contributed by atoms with Crippen LogP contribution in [0, 0.1) is 0 Å². The van der Waals surface area contributed by atoms with Crippen molar-refractivity contribution >= 4 is 26.0 Å². The lowest BCUT2D eigenvalue weighted by Gasteiger charge is -2.11. The number of hydrogen-bond acceptors (Lipinski definition) is 3. The zero-order valence-electron chi connectivity index (χ0n) is 8.60. The summed E-state index contributed by atoms with van der Waals surface area (Å²) in [6.07, 6.45) is 1.06. The van der Waals surface area contributed by atoms with E-state index in [4.69, 9.17) is 4.18 Å². The SMILES string of the molecule is C[C@@H](COS(C)(=O)=O)c1ccc(Br)cc1. The molecule has 0 saturated heterocycles. The van der Waals surface area contributed by atoms with Crippen LogP contribution < -0.4 is 0 Å². The van der Waals surface area contributed by atoms with E-state index >= 15 is 0 Å². The van der Waals surface area contributed by atoms with Crippen LogP contribution in [0.1, 0.15) is 18.4 Å². The summed E-state index contributed by atoms with van der Waals surface area (Å²) < 4.78 is 27.3. The van der Waals surface area contributed by atoms with Gasteiger partial charge in [0.15, 0.2) is 0 Å². The average molecular weight is 293 g/mol. The second-order valence-corrected chi connectivity index (χ2v) is 6.00. The number of halogens is 1. The first kappa shape index (κ1) is 12.7. The first-order chi connectivity index (χ1) is 6.88. The van der Waals surface area contributed by atoms with Crippen LogP contribution in [0.15, 0.2) is 28.7 Å². The fraction of sp³-hybridized carbons (Fsp3) is 0.400. The van der Waals surface area contributed by atoms with Gasteiger partial charge >= 0.3 is 0 Å². The molecule has 15 heavy (non-hydrogen) atoms. The van der Waals surface area contributed by atoms with Gasteiger partial charge in [0.25, 0.3) is 10.1 Å². The maximum atomic E-state index is 10.8. The highest BCUT2D eigenvalue weighted by molar-refractivity contribution is 9.10. The summed E-state index contributed by atoms with van der Waals surface area (Å²) in [7, 11) is -3.34. The van der Waals surface area contributed by atoms with Gasteiger partial charge < -0.3 is 0 Å². The van der Waals surface area contributed by atoms with E-state index in [2.05, 4.69) is 15.9 Å². The highest BCUT2D eigenvalue weighted by Crippen LogP contribution is 2.18. The highest BCUT2D eigenvalue weighted by atomic mass is 79.9. The maximum absolute atomic E-state index is 10.8. The molecule has 1 rings (SSSR count). The third-order valence-corrected chi connectivity index (χ3v) is 3.06. The van der Waals surface area contributed by atoms with Gasteiger partial charge in [-0.3, -0.25) is 4.18 Å². The molecule has 0 aliphatic heterocycles. The Morgan fingerprint density at radius 2 is 1.87 bits per heavy atom. The molecule has 3 nitrogen and oxygen atoms in total. The van der Waals surface area contributed by atoms with Crippen molar-refractivity contribution in [2.45, 2.75) is 12.8 Å². The minimum atomic E-state index is -3.34. The number of hydrogen-bond donors (Lipinski definition) is 0. The predicted molar refractivity (Wildman–Crippen MR) is 63.4 cm³/mol. The Bertz CT molecular complexity index is 411. The van der Waals surface area contributed by atoms with Crippen LogP contribution in [-0.2, 0) is 14.3 Å². The molecule has 0 aromatic heterocycles. The minimum absolute atomic E-state index is 0.0628. The molecule has 0 saturated carbocycles. The van der Waals surface area contributed by atoms with E-state index in [0.717, 1.165) is 16.3 Å². The average Bonchev–Trinajstić information content (AvgIpc) is 2.14. The van der Waals surface area contributed by atoms with Crippen molar-refractivity contribution in [2.75, 3.05) is 12.9 Å². The van der Waals surface area contributed by atoms with E-state index < -0.39 is 10.1 Å². The Balaban J connectivity index is 2.61. The summed E-state index contributed by atoms with van der Waals surface area (Å²) in [6, 6.07) is 7.74. The normalized spacial score (nSPS) is 13.8. The standard InChI is InChI=1S/C10H13BrO3S/c1-8(7-14-15(2,12)13)9-3-5-10(11)6-4-9/h3-6,8H,7H2,1-2H3/t8-/m0/s1. The quantitative estimate of drug-likeness (QED) is 0.801. The molecule has 1 atom stereocenters. The Morgan fingerprint density at radius 1 is 1.33 bits per heavy atom. The van der Waals surface area contributed by atoms with Gasteiger partial charge in [-0.05, 0) is 17.7 Å². The summed E-state index contributed by atoms with van der Waals surface area (Å²) in [4.78, 5) is 0. The first-order valence-corrected chi connectivity index (χ1v) is 7.09. The van der Waals surface area contributed by atoms with Crippen molar-refractivity contribution in [1.29, 1.82) is 0 Å². The zero-order chi connectivity index (χ0) is 11.5. The second-order valence-electron chi connectivity index (χ2n) is 3.44. The van der Waals surface area contributed by atoms with Crippen molar-refractivity contribution in [2.24, 2.45) is 0 Å². The summed E-state index contributed by atoms with van der Waals surface area (Å²) in [6.45, 7) is 2.11. The molecule has 0 heterocycles. The lowest BCUT2D eigenvalue weighted by molar-refractivity contribution is 0.301. The van der Waals surface area contributed by atoms with Gasteiger partial charge in [0, 0.05) is 10.4 Å². The van der Waals surface area contributed by atoms with Crippen molar-refractivity contribution in [3.8, 4) is 0 Å².